The quantitative estimate of drug-likeness (QED) is 0.667. The van der Waals surface area contributed by atoms with Crippen molar-refractivity contribution in [3.8, 4) is 0 Å². The van der Waals surface area contributed by atoms with Crippen molar-refractivity contribution in [2.75, 3.05) is 30.9 Å². The summed E-state index contributed by atoms with van der Waals surface area (Å²) in [7, 11) is 3.93. The van der Waals surface area contributed by atoms with E-state index in [0.717, 1.165) is 50.9 Å². The van der Waals surface area contributed by atoms with E-state index in [-0.39, 0.29) is 12.1 Å². The number of hydrogen-bond acceptors (Lipinski definition) is 5. The maximum Gasteiger partial charge on any atom is 0.315 e. The largest absolute Gasteiger partial charge is 0.363 e. The highest BCUT2D eigenvalue weighted by atomic mass is 16.2. The molecule has 0 aromatic carbocycles. The molecule has 0 bridgehead atoms. The summed E-state index contributed by atoms with van der Waals surface area (Å²) in [4.78, 5) is 22.6. The molecule has 0 atom stereocenters. The Morgan fingerprint density at radius 2 is 1.96 bits per heavy atom. The molecule has 7 nitrogen and oxygen atoms in total. The molecule has 0 saturated heterocycles. The number of urea groups is 1. The Hall–Kier alpha value is -2.05. The molecule has 2 rings (SSSR count). The van der Waals surface area contributed by atoms with Gasteiger partial charge in [-0.3, -0.25) is 0 Å². The summed E-state index contributed by atoms with van der Waals surface area (Å²) in [6.07, 6.45) is 7.87. The van der Waals surface area contributed by atoms with Crippen molar-refractivity contribution in [3.05, 3.63) is 12.3 Å². The van der Waals surface area contributed by atoms with Crippen molar-refractivity contribution >= 4 is 17.8 Å². The van der Waals surface area contributed by atoms with Gasteiger partial charge in [0.2, 0.25) is 5.95 Å². The van der Waals surface area contributed by atoms with Crippen molar-refractivity contribution in [2.24, 2.45) is 0 Å². The van der Waals surface area contributed by atoms with E-state index in [1.807, 2.05) is 25.1 Å². The maximum absolute atomic E-state index is 11.8. The number of carbonyl (C=O) groups is 1. The third-order valence-corrected chi connectivity index (χ3v) is 4.31. The van der Waals surface area contributed by atoms with Crippen LogP contribution in [-0.4, -0.2) is 48.7 Å². The monoisotopic (exact) mass is 334 g/mol. The number of rotatable bonds is 7. The van der Waals surface area contributed by atoms with E-state index in [1.54, 1.807) is 6.20 Å². The predicted octanol–water partition coefficient (Wildman–Crippen LogP) is 2.36. The van der Waals surface area contributed by atoms with Crippen molar-refractivity contribution in [1.29, 1.82) is 0 Å². The first kappa shape index (κ1) is 18.3. The molecule has 1 saturated carbocycles. The zero-order valence-corrected chi connectivity index (χ0v) is 15.0. The highest BCUT2D eigenvalue weighted by Gasteiger charge is 2.22. The Labute approximate surface area is 144 Å². The molecule has 7 heteroatoms. The zero-order chi connectivity index (χ0) is 17.4. The minimum atomic E-state index is -0.0399. The molecule has 0 aliphatic heterocycles. The molecule has 134 valence electrons. The van der Waals surface area contributed by atoms with Gasteiger partial charge in [0.05, 0.1) is 0 Å². The number of anilines is 2. The molecule has 1 aliphatic carbocycles. The second-order valence-corrected chi connectivity index (χ2v) is 6.58. The van der Waals surface area contributed by atoms with Gasteiger partial charge in [-0.1, -0.05) is 13.3 Å². The molecule has 0 unspecified atom stereocenters. The number of nitrogens with zero attached hydrogens (tertiary/aromatic N) is 3. The lowest BCUT2D eigenvalue weighted by molar-refractivity contribution is 0.231. The van der Waals surface area contributed by atoms with E-state index in [0.29, 0.717) is 12.0 Å². The first-order chi connectivity index (χ1) is 11.6. The van der Waals surface area contributed by atoms with Crippen LogP contribution in [0.15, 0.2) is 12.3 Å². The second-order valence-electron chi connectivity index (χ2n) is 6.58. The normalized spacial score (nSPS) is 20.3. The summed E-state index contributed by atoms with van der Waals surface area (Å²) in [6, 6.07) is 2.48. The SMILES string of the molecule is CCCCNC(=O)NC1CCC(Nc2nccc(N(C)C)n2)CC1. The Morgan fingerprint density at radius 1 is 1.25 bits per heavy atom. The van der Waals surface area contributed by atoms with Gasteiger partial charge in [0, 0.05) is 38.9 Å². The van der Waals surface area contributed by atoms with Gasteiger partial charge in [-0.25, -0.2) is 9.78 Å². The third-order valence-electron chi connectivity index (χ3n) is 4.31. The Bertz CT molecular complexity index is 514. The summed E-state index contributed by atoms with van der Waals surface area (Å²) >= 11 is 0. The number of hydrogen-bond donors (Lipinski definition) is 3. The molecule has 3 N–H and O–H groups in total. The maximum atomic E-state index is 11.8. The van der Waals surface area contributed by atoms with E-state index in [4.69, 9.17) is 0 Å². The van der Waals surface area contributed by atoms with Crippen molar-refractivity contribution in [2.45, 2.75) is 57.5 Å². The Morgan fingerprint density at radius 3 is 2.62 bits per heavy atom. The first-order valence-corrected chi connectivity index (χ1v) is 8.89. The fourth-order valence-electron chi connectivity index (χ4n) is 2.85. The lowest BCUT2D eigenvalue weighted by Gasteiger charge is -2.29. The van der Waals surface area contributed by atoms with Crippen LogP contribution < -0.4 is 20.9 Å². The summed E-state index contributed by atoms with van der Waals surface area (Å²) in [5, 5.41) is 9.39. The van der Waals surface area contributed by atoms with Crippen LogP contribution in [0.2, 0.25) is 0 Å². The Kier molecular flexibility index (Phi) is 7.08. The highest BCUT2D eigenvalue weighted by molar-refractivity contribution is 5.74. The van der Waals surface area contributed by atoms with Gasteiger partial charge < -0.3 is 20.9 Å². The fraction of sp³-hybridized carbons (Fsp3) is 0.706. The Balaban J connectivity index is 1.73. The average Bonchev–Trinajstić information content (AvgIpc) is 2.57. The zero-order valence-electron chi connectivity index (χ0n) is 15.0. The highest BCUT2D eigenvalue weighted by Crippen LogP contribution is 2.21. The van der Waals surface area contributed by atoms with E-state index in [1.165, 1.54) is 0 Å². The van der Waals surface area contributed by atoms with E-state index < -0.39 is 0 Å². The van der Waals surface area contributed by atoms with Crippen LogP contribution in [0.5, 0.6) is 0 Å². The van der Waals surface area contributed by atoms with Crippen molar-refractivity contribution in [1.82, 2.24) is 20.6 Å². The molecule has 1 aromatic heterocycles. The standard InChI is InChI=1S/C17H30N6O/c1-4-5-11-19-17(24)21-14-8-6-13(7-9-14)20-16-18-12-10-15(22-16)23(2)3/h10,12-14H,4-9,11H2,1-3H3,(H,18,20,22)(H2,19,21,24). The molecule has 24 heavy (non-hydrogen) atoms. The van der Waals surface area contributed by atoms with Gasteiger partial charge in [0.1, 0.15) is 5.82 Å². The fourth-order valence-corrected chi connectivity index (χ4v) is 2.85. The molecule has 1 aliphatic rings. The number of unbranched alkanes of at least 4 members (excludes halogenated alkanes) is 1. The third kappa shape index (κ3) is 5.86. The summed E-state index contributed by atoms with van der Waals surface area (Å²) in [5.41, 5.74) is 0. The average molecular weight is 334 g/mol. The number of carbonyl (C=O) groups excluding carboxylic acids is 1. The second kappa shape index (κ2) is 9.30. The summed E-state index contributed by atoms with van der Waals surface area (Å²) in [5.74, 6) is 1.57. The molecule has 0 spiro atoms. The van der Waals surface area contributed by atoms with Gasteiger partial charge in [0.25, 0.3) is 0 Å². The van der Waals surface area contributed by atoms with E-state index in [9.17, 15) is 4.79 Å². The number of amides is 2. The van der Waals surface area contributed by atoms with Crippen LogP contribution >= 0.6 is 0 Å². The lowest BCUT2D eigenvalue weighted by atomic mass is 9.91. The van der Waals surface area contributed by atoms with E-state index >= 15 is 0 Å². The van der Waals surface area contributed by atoms with Crippen LogP contribution in [-0.2, 0) is 0 Å². The number of aromatic nitrogens is 2. The minimum Gasteiger partial charge on any atom is -0.363 e. The van der Waals surface area contributed by atoms with Crippen LogP contribution in [0.4, 0.5) is 16.6 Å². The molecule has 1 aromatic rings. The first-order valence-electron chi connectivity index (χ1n) is 8.89. The van der Waals surface area contributed by atoms with Gasteiger partial charge in [-0.05, 0) is 38.2 Å². The lowest BCUT2D eigenvalue weighted by Crippen LogP contribution is -2.45. The van der Waals surface area contributed by atoms with Crippen molar-refractivity contribution in [3.63, 3.8) is 0 Å². The van der Waals surface area contributed by atoms with Gasteiger partial charge >= 0.3 is 6.03 Å². The molecule has 1 fully saturated rings. The predicted molar refractivity (Wildman–Crippen MR) is 97.5 cm³/mol. The summed E-state index contributed by atoms with van der Waals surface area (Å²) in [6.45, 7) is 2.87. The molecule has 2 amide bonds. The summed E-state index contributed by atoms with van der Waals surface area (Å²) < 4.78 is 0. The topological polar surface area (TPSA) is 82.2 Å². The minimum absolute atomic E-state index is 0.0399. The van der Waals surface area contributed by atoms with Crippen LogP contribution in [0.1, 0.15) is 45.4 Å². The van der Waals surface area contributed by atoms with E-state index in [2.05, 4.69) is 32.8 Å². The van der Waals surface area contributed by atoms with Crippen molar-refractivity contribution < 1.29 is 4.79 Å². The van der Waals surface area contributed by atoms with Gasteiger partial charge in [-0.15, -0.1) is 0 Å². The van der Waals surface area contributed by atoms with Crippen LogP contribution in [0.3, 0.4) is 0 Å². The smallest absolute Gasteiger partial charge is 0.315 e. The number of nitrogens with one attached hydrogen (secondary N) is 3. The van der Waals surface area contributed by atoms with Crippen LogP contribution in [0, 0.1) is 0 Å². The molecular weight excluding hydrogens is 304 g/mol. The molecular formula is C17H30N6O. The van der Waals surface area contributed by atoms with Gasteiger partial charge in [-0.2, -0.15) is 4.98 Å². The van der Waals surface area contributed by atoms with Gasteiger partial charge in [0.15, 0.2) is 0 Å². The molecule has 1 heterocycles. The molecule has 0 radical (unpaired) electrons. The van der Waals surface area contributed by atoms with Crippen LogP contribution in [0.25, 0.3) is 0 Å².